The zero-order valence-corrected chi connectivity index (χ0v) is 15.7. The van der Waals surface area contributed by atoms with Gasteiger partial charge in [-0.3, -0.25) is 4.40 Å². The highest BCUT2D eigenvalue weighted by Gasteiger charge is 2.34. The summed E-state index contributed by atoms with van der Waals surface area (Å²) in [6.45, 7) is 9.26. The van der Waals surface area contributed by atoms with Crippen molar-refractivity contribution < 1.29 is 9.63 Å². The Bertz CT molecular complexity index is 952. The summed E-state index contributed by atoms with van der Waals surface area (Å²) in [5.74, 6) is 1.43. The number of hydroxylamine groups is 2. The van der Waals surface area contributed by atoms with Gasteiger partial charge >= 0.3 is 5.97 Å². The Labute approximate surface area is 152 Å². The topological polar surface area (TPSA) is 75.5 Å². The Morgan fingerprint density at radius 2 is 2.08 bits per heavy atom. The third-order valence-electron chi connectivity index (χ3n) is 5.16. The van der Waals surface area contributed by atoms with Crippen LogP contribution >= 0.6 is 0 Å². The molecule has 0 bridgehead atoms. The molecule has 3 aromatic heterocycles. The minimum atomic E-state index is -0.512. The van der Waals surface area contributed by atoms with Gasteiger partial charge in [-0.15, -0.1) is 5.06 Å². The lowest BCUT2D eigenvalue weighted by atomic mass is 9.87. The minimum Gasteiger partial charge on any atom is -0.367 e. The molecular weight excluding hydrogens is 330 g/mol. The van der Waals surface area contributed by atoms with Crippen molar-refractivity contribution in [2.24, 2.45) is 11.3 Å². The molecule has 1 N–H and O–H groups in total. The first-order chi connectivity index (χ1) is 12.3. The second-order valence-electron chi connectivity index (χ2n) is 8.24. The van der Waals surface area contributed by atoms with Gasteiger partial charge in [0.1, 0.15) is 5.82 Å². The number of H-pyrrole nitrogens is 1. The zero-order chi connectivity index (χ0) is 18.5. The molecule has 2 unspecified atom stereocenters. The highest BCUT2D eigenvalue weighted by atomic mass is 16.7. The van der Waals surface area contributed by atoms with E-state index in [2.05, 4.69) is 21.3 Å². The first-order valence-electron chi connectivity index (χ1n) is 9.11. The van der Waals surface area contributed by atoms with Crippen molar-refractivity contribution in [3.8, 4) is 0 Å². The van der Waals surface area contributed by atoms with Gasteiger partial charge in [0.15, 0.2) is 5.65 Å². The van der Waals surface area contributed by atoms with E-state index in [0.717, 1.165) is 35.5 Å². The molecule has 0 radical (unpaired) electrons. The number of nitrogens with one attached hydrogen (secondary N) is 1. The highest BCUT2D eigenvalue weighted by Crippen LogP contribution is 2.33. The number of aromatic nitrogens is 4. The van der Waals surface area contributed by atoms with Gasteiger partial charge < -0.3 is 9.82 Å². The fraction of sp³-hybridized carbons (Fsp3) is 0.526. The number of imidazole rings is 1. The monoisotopic (exact) mass is 355 g/mol. The highest BCUT2D eigenvalue weighted by molar-refractivity contribution is 5.76. The van der Waals surface area contributed by atoms with Gasteiger partial charge in [-0.25, -0.2) is 14.8 Å². The molecule has 7 heteroatoms. The fourth-order valence-electron chi connectivity index (χ4n) is 3.47. The summed E-state index contributed by atoms with van der Waals surface area (Å²) in [7, 11) is 0. The van der Waals surface area contributed by atoms with Crippen LogP contribution in [-0.2, 0) is 9.63 Å². The number of piperidine rings is 1. The molecule has 0 spiro atoms. The van der Waals surface area contributed by atoms with Crippen molar-refractivity contribution in [2.75, 3.05) is 13.1 Å². The van der Waals surface area contributed by atoms with Gasteiger partial charge in [0.05, 0.1) is 28.8 Å². The van der Waals surface area contributed by atoms with Crippen molar-refractivity contribution in [1.82, 2.24) is 24.4 Å². The van der Waals surface area contributed by atoms with E-state index in [1.807, 2.05) is 45.4 Å². The molecule has 0 aliphatic carbocycles. The quantitative estimate of drug-likeness (QED) is 0.764. The number of hydrogen-bond acceptors (Lipinski definition) is 5. The van der Waals surface area contributed by atoms with E-state index < -0.39 is 5.41 Å². The SMILES string of the molecule is CC1CCN(OC(=O)C(C)(C)C)CC1c1ncc2cnc3[nH]ccc3n12. The molecule has 4 heterocycles. The second kappa shape index (κ2) is 6.09. The van der Waals surface area contributed by atoms with Gasteiger partial charge in [0.25, 0.3) is 0 Å². The molecule has 1 fully saturated rings. The maximum Gasteiger partial charge on any atom is 0.330 e. The normalized spacial score (nSPS) is 22.2. The maximum atomic E-state index is 12.3. The largest absolute Gasteiger partial charge is 0.367 e. The molecule has 0 aromatic carbocycles. The van der Waals surface area contributed by atoms with Crippen LogP contribution in [0, 0.1) is 11.3 Å². The van der Waals surface area contributed by atoms with Crippen LogP contribution in [0.4, 0.5) is 0 Å². The fourth-order valence-corrected chi connectivity index (χ4v) is 3.47. The number of nitrogens with zero attached hydrogens (tertiary/aromatic N) is 4. The van der Waals surface area contributed by atoms with Crippen molar-refractivity contribution in [3.05, 3.63) is 30.5 Å². The third-order valence-corrected chi connectivity index (χ3v) is 5.16. The molecule has 1 saturated heterocycles. The third kappa shape index (κ3) is 2.86. The molecule has 0 saturated carbocycles. The molecule has 2 atom stereocenters. The number of fused-ring (bicyclic) bond motifs is 3. The zero-order valence-electron chi connectivity index (χ0n) is 15.7. The minimum absolute atomic E-state index is 0.180. The summed E-state index contributed by atoms with van der Waals surface area (Å²) >= 11 is 0. The Morgan fingerprint density at radius 1 is 1.31 bits per heavy atom. The number of carbonyl (C=O) groups is 1. The van der Waals surface area contributed by atoms with Gasteiger partial charge in [0, 0.05) is 25.2 Å². The molecule has 7 nitrogen and oxygen atoms in total. The van der Waals surface area contributed by atoms with Gasteiger partial charge in [0.2, 0.25) is 0 Å². The van der Waals surface area contributed by atoms with E-state index in [-0.39, 0.29) is 11.9 Å². The van der Waals surface area contributed by atoms with E-state index in [0.29, 0.717) is 12.5 Å². The molecule has 1 aliphatic heterocycles. The van der Waals surface area contributed by atoms with Crippen LogP contribution in [0.5, 0.6) is 0 Å². The number of aromatic amines is 1. The van der Waals surface area contributed by atoms with E-state index in [1.54, 1.807) is 5.06 Å². The van der Waals surface area contributed by atoms with Crippen LogP contribution < -0.4 is 0 Å². The molecule has 3 aromatic rings. The summed E-state index contributed by atoms with van der Waals surface area (Å²) in [4.78, 5) is 30.2. The van der Waals surface area contributed by atoms with E-state index in [9.17, 15) is 4.79 Å². The predicted molar refractivity (Wildman–Crippen MR) is 98.5 cm³/mol. The lowest BCUT2D eigenvalue weighted by Crippen LogP contribution is -2.42. The predicted octanol–water partition coefficient (Wildman–Crippen LogP) is 3.14. The first kappa shape index (κ1) is 17.0. The Morgan fingerprint density at radius 3 is 2.85 bits per heavy atom. The standard InChI is InChI=1S/C19H25N5O2/c1-12-6-8-23(26-18(25)19(2,3)4)11-14(12)17-22-10-13-9-21-16-15(24(13)17)5-7-20-16/h5,7,9-10,12,14,20H,6,8,11H2,1-4H3. The maximum absolute atomic E-state index is 12.3. The lowest BCUT2D eigenvalue weighted by molar-refractivity contribution is -0.207. The van der Waals surface area contributed by atoms with Gasteiger partial charge in [-0.2, -0.15) is 0 Å². The van der Waals surface area contributed by atoms with Gasteiger partial charge in [-0.1, -0.05) is 6.92 Å². The summed E-state index contributed by atoms with van der Waals surface area (Å²) in [6.07, 6.45) is 6.54. The van der Waals surface area contributed by atoms with Crippen LogP contribution in [-0.4, -0.2) is 43.5 Å². The molecule has 0 amide bonds. The van der Waals surface area contributed by atoms with Crippen molar-refractivity contribution in [3.63, 3.8) is 0 Å². The Balaban J connectivity index is 1.67. The van der Waals surface area contributed by atoms with Crippen LogP contribution in [0.2, 0.25) is 0 Å². The summed E-state index contributed by atoms with van der Waals surface area (Å²) in [5, 5.41) is 1.80. The summed E-state index contributed by atoms with van der Waals surface area (Å²) < 4.78 is 2.16. The van der Waals surface area contributed by atoms with Crippen LogP contribution in [0.3, 0.4) is 0 Å². The smallest absolute Gasteiger partial charge is 0.330 e. The van der Waals surface area contributed by atoms with Crippen molar-refractivity contribution in [2.45, 2.75) is 40.0 Å². The molecule has 26 heavy (non-hydrogen) atoms. The Kier molecular flexibility index (Phi) is 3.99. The van der Waals surface area contributed by atoms with Crippen LogP contribution in [0.25, 0.3) is 16.7 Å². The lowest BCUT2D eigenvalue weighted by Gasteiger charge is -2.36. The molecule has 4 rings (SSSR count). The van der Waals surface area contributed by atoms with Crippen LogP contribution in [0.15, 0.2) is 24.7 Å². The van der Waals surface area contributed by atoms with E-state index >= 15 is 0 Å². The number of carbonyl (C=O) groups excluding carboxylic acids is 1. The van der Waals surface area contributed by atoms with Crippen molar-refractivity contribution in [1.29, 1.82) is 0 Å². The molecular formula is C19H25N5O2. The summed E-state index contributed by atoms with van der Waals surface area (Å²) in [5.41, 5.74) is 2.33. The first-order valence-corrected chi connectivity index (χ1v) is 9.11. The van der Waals surface area contributed by atoms with Crippen LogP contribution in [0.1, 0.15) is 45.9 Å². The average Bonchev–Trinajstić information content (AvgIpc) is 3.21. The van der Waals surface area contributed by atoms with Gasteiger partial charge in [-0.05, 0) is 39.2 Å². The number of hydrogen-bond donors (Lipinski definition) is 1. The molecule has 138 valence electrons. The second-order valence-corrected chi connectivity index (χ2v) is 8.24. The average molecular weight is 355 g/mol. The van der Waals surface area contributed by atoms with E-state index in [4.69, 9.17) is 9.82 Å². The molecule has 1 aliphatic rings. The van der Waals surface area contributed by atoms with E-state index in [1.165, 1.54) is 0 Å². The Hall–Kier alpha value is -2.41. The van der Waals surface area contributed by atoms with Crippen molar-refractivity contribution >= 4 is 22.6 Å². The summed E-state index contributed by atoms with van der Waals surface area (Å²) in [6, 6.07) is 2.02. The number of rotatable bonds is 2.